The van der Waals surface area contributed by atoms with Crippen LogP contribution in [0.2, 0.25) is 5.02 Å². The molecule has 5 nitrogen and oxygen atoms in total. The molecule has 2 aromatic carbocycles. The molecule has 0 saturated heterocycles. The topological polar surface area (TPSA) is 63.7 Å². The smallest absolute Gasteiger partial charge is 0.327 e. The van der Waals surface area contributed by atoms with Crippen molar-refractivity contribution in [3.63, 3.8) is 0 Å². The number of carbonyl (C=O) groups is 1. The first-order valence-corrected chi connectivity index (χ1v) is 9.43. The van der Waals surface area contributed by atoms with Gasteiger partial charge >= 0.3 is 5.97 Å². The van der Waals surface area contributed by atoms with Gasteiger partial charge in [0.1, 0.15) is 13.2 Å². The molecule has 0 aliphatic rings. The molecule has 2 rings (SSSR count). The lowest BCUT2D eigenvalue weighted by Gasteiger charge is -2.23. The van der Waals surface area contributed by atoms with Gasteiger partial charge in [-0.3, -0.25) is 9.10 Å². The number of sulfonamides is 1. The fourth-order valence-electron chi connectivity index (χ4n) is 2.13. The summed E-state index contributed by atoms with van der Waals surface area (Å²) in [5.41, 5.74) is 1.99. The number of hydrogen-bond acceptors (Lipinski definition) is 4. The number of hydrogen-bond donors (Lipinski definition) is 0. The van der Waals surface area contributed by atoms with Crippen LogP contribution in [0.15, 0.2) is 48.5 Å². The van der Waals surface area contributed by atoms with Crippen LogP contribution < -0.4 is 4.31 Å². The highest BCUT2D eigenvalue weighted by Gasteiger charge is 2.22. The van der Waals surface area contributed by atoms with Gasteiger partial charge in [0, 0.05) is 5.02 Å². The third-order valence-corrected chi connectivity index (χ3v) is 4.75. The molecule has 24 heavy (non-hydrogen) atoms. The van der Waals surface area contributed by atoms with Crippen LogP contribution in [-0.2, 0) is 26.2 Å². The highest BCUT2D eigenvalue weighted by Crippen LogP contribution is 2.22. The number of rotatable bonds is 6. The Bertz CT molecular complexity index is 819. The molecule has 0 amide bonds. The number of nitrogens with zero attached hydrogens (tertiary/aromatic N) is 1. The zero-order valence-corrected chi connectivity index (χ0v) is 15.0. The van der Waals surface area contributed by atoms with Gasteiger partial charge in [-0.25, -0.2) is 8.42 Å². The summed E-state index contributed by atoms with van der Waals surface area (Å²) in [6.07, 6.45) is 1.06. The summed E-state index contributed by atoms with van der Waals surface area (Å²) >= 11 is 5.79. The van der Waals surface area contributed by atoms with Crippen molar-refractivity contribution in [3.8, 4) is 0 Å². The Kier molecular flexibility index (Phi) is 5.85. The fraction of sp³-hybridized carbons (Fsp3) is 0.235. The van der Waals surface area contributed by atoms with Crippen molar-refractivity contribution in [1.82, 2.24) is 0 Å². The Morgan fingerprint density at radius 2 is 1.75 bits per heavy atom. The van der Waals surface area contributed by atoms with Crippen LogP contribution in [0.4, 0.5) is 5.69 Å². The molecule has 0 aliphatic carbocycles. The molecule has 0 saturated carbocycles. The van der Waals surface area contributed by atoms with Crippen LogP contribution in [0.1, 0.15) is 11.1 Å². The van der Waals surface area contributed by atoms with Crippen molar-refractivity contribution >= 4 is 33.3 Å². The average molecular weight is 368 g/mol. The summed E-state index contributed by atoms with van der Waals surface area (Å²) in [5.74, 6) is -0.626. The molecule has 2 aromatic rings. The zero-order chi connectivity index (χ0) is 17.7. The highest BCUT2D eigenvalue weighted by molar-refractivity contribution is 7.92. The van der Waals surface area contributed by atoms with E-state index in [0.29, 0.717) is 10.7 Å². The van der Waals surface area contributed by atoms with E-state index in [1.54, 1.807) is 55.5 Å². The Morgan fingerprint density at radius 3 is 2.33 bits per heavy atom. The van der Waals surface area contributed by atoms with Crippen LogP contribution in [-0.4, -0.2) is 27.2 Å². The van der Waals surface area contributed by atoms with E-state index in [0.717, 1.165) is 21.7 Å². The van der Waals surface area contributed by atoms with E-state index in [2.05, 4.69) is 0 Å². The van der Waals surface area contributed by atoms with Gasteiger partial charge < -0.3 is 4.74 Å². The molecule has 7 heteroatoms. The second kappa shape index (κ2) is 7.68. The minimum atomic E-state index is -3.61. The summed E-state index contributed by atoms with van der Waals surface area (Å²) < 4.78 is 30.3. The van der Waals surface area contributed by atoms with Gasteiger partial charge in [-0.2, -0.15) is 0 Å². The maximum absolute atomic E-state index is 12.1. The van der Waals surface area contributed by atoms with Crippen molar-refractivity contribution in [1.29, 1.82) is 0 Å². The Hall–Kier alpha value is -2.05. The summed E-state index contributed by atoms with van der Waals surface area (Å²) in [6, 6.07) is 13.8. The second-order valence-corrected chi connectivity index (χ2v) is 7.69. The fourth-order valence-corrected chi connectivity index (χ4v) is 3.16. The van der Waals surface area contributed by atoms with Crippen molar-refractivity contribution < 1.29 is 17.9 Å². The largest absolute Gasteiger partial charge is 0.459 e. The van der Waals surface area contributed by atoms with Crippen molar-refractivity contribution in [3.05, 3.63) is 64.7 Å². The molecule has 0 bridgehead atoms. The maximum Gasteiger partial charge on any atom is 0.327 e. The molecule has 0 aromatic heterocycles. The summed E-state index contributed by atoms with van der Waals surface area (Å²) in [4.78, 5) is 12.1. The van der Waals surface area contributed by atoms with Gasteiger partial charge in [0.25, 0.3) is 0 Å². The van der Waals surface area contributed by atoms with Gasteiger partial charge in [-0.15, -0.1) is 0 Å². The van der Waals surface area contributed by atoms with E-state index in [9.17, 15) is 13.2 Å². The van der Waals surface area contributed by atoms with Crippen LogP contribution in [0.3, 0.4) is 0 Å². The molecule has 0 fully saturated rings. The predicted octanol–water partition coefficient (Wildman–Crippen LogP) is 3.16. The van der Waals surface area contributed by atoms with Gasteiger partial charge in [0.15, 0.2) is 0 Å². The minimum absolute atomic E-state index is 0.0569. The molecule has 0 aliphatic heterocycles. The first-order valence-electron chi connectivity index (χ1n) is 7.21. The van der Waals surface area contributed by atoms with Crippen LogP contribution >= 0.6 is 11.6 Å². The van der Waals surface area contributed by atoms with Crippen LogP contribution in [0.25, 0.3) is 0 Å². The lowest BCUT2D eigenvalue weighted by molar-refractivity contribution is -0.143. The summed E-state index contributed by atoms with van der Waals surface area (Å²) in [7, 11) is -3.61. The molecule has 0 heterocycles. The standard InChI is InChI=1S/C17H18ClNO4S/c1-13-5-3-4-6-16(13)19(24(2,21)22)11-17(20)23-12-14-7-9-15(18)10-8-14/h3-10H,11-12H2,1-2H3. The lowest BCUT2D eigenvalue weighted by Crippen LogP contribution is -2.36. The number of aryl methyl sites for hydroxylation is 1. The normalized spacial score (nSPS) is 11.1. The number of ether oxygens (including phenoxy) is 1. The number of para-hydroxylation sites is 1. The third kappa shape index (κ3) is 4.97. The lowest BCUT2D eigenvalue weighted by atomic mass is 10.2. The molecule has 0 atom stereocenters. The zero-order valence-electron chi connectivity index (χ0n) is 13.4. The molecule has 0 spiro atoms. The Morgan fingerprint density at radius 1 is 1.12 bits per heavy atom. The van der Waals surface area contributed by atoms with Crippen molar-refractivity contribution in [2.75, 3.05) is 17.1 Å². The molecule has 0 N–H and O–H groups in total. The first kappa shape index (κ1) is 18.3. The number of esters is 1. The molecular weight excluding hydrogens is 350 g/mol. The van der Waals surface area contributed by atoms with E-state index >= 15 is 0 Å². The van der Waals surface area contributed by atoms with Crippen LogP contribution in [0.5, 0.6) is 0 Å². The number of halogens is 1. The minimum Gasteiger partial charge on any atom is -0.459 e. The molecular formula is C17H18ClNO4S. The quantitative estimate of drug-likeness (QED) is 0.736. The van der Waals surface area contributed by atoms with Gasteiger partial charge in [0.05, 0.1) is 11.9 Å². The van der Waals surface area contributed by atoms with E-state index < -0.39 is 16.0 Å². The van der Waals surface area contributed by atoms with Crippen molar-refractivity contribution in [2.24, 2.45) is 0 Å². The summed E-state index contributed by atoms with van der Waals surface area (Å²) in [6.45, 7) is 1.46. The van der Waals surface area contributed by atoms with E-state index in [-0.39, 0.29) is 13.2 Å². The predicted molar refractivity (Wildman–Crippen MR) is 94.6 cm³/mol. The number of carbonyl (C=O) groups excluding carboxylic acids is 1. The van der Waals surface area contributed by atoms with Gasteiger partial charge in [0.2, 0.25) is 10.0 Å². The monoisotopic (exact) mass is 367 g/mol. The number of anilines is 1. The molecule has 0 unspecified atom stereocenters. The van der Waals surface area contributed by atoms with Crippen LogP contribution in [0, 0.1) is 6.92 Å². The van der Waals surface area contributed by atoms with Crippen molar-refractivity contribution in [2.45, 2.75) is 13.5 Å². The van der Waals surface area contributed by atoms with Gasteiger partial charge in [-0.1, -0.05) is 41.9 Å². The molecule has 128 valence electrons. The Labute approximate surface area is 146 Å². The summed E-state index contributed by atoms with van der Waals surface area (Å²) in [5, 5.41) is 0.591. The average Bonchev–Trinajstić information content (AvgIpc) is 2.52. The SMILES string of the molecule is Cc1ccccc1N(CC(=O)OCc1ccc(Cl)cc1)S(C)(=O)=O. The van der Waals surface area contributed by atoms with E-state index in [1.165, 1.54) is 0 Å². The third-order valence-electron chi connectivity index (χ3n) is 3.37. The molecule has 0 radical (unpaired) electrons. The second-order valence-electron chi connectivity index (χ2n) is 5.34. The van der Waals surface area contributed by atoms with Gasteiger partial charge in [-0.05, 0) is 36.2 Å². The van der Waals surface area contributed by atoms with E-state index in [1.807, 2.05) is 0 Å². The highest BCUT2D eigenvalue weighted by atomic mass is 35.5. The number of benzene rings is 2. The van der Waals surface area contributed by atoms with E-state index in [4.69, 9.17) is 16.3 Å². The Balaban J connectivity index is 2.08. The first-order chi connectivity index (χ1) is 11.3. The maximum atomic E-state index is 12.1.